The fourth-order valence-corrected chi connectivity index (χ4v) is 2.66. The number of benzene rings is 2. The molecule has 118 valence electrons. The molecule has 3 nitrogen and oxygen atoms in total. The first-order valence-electron chi connectivity index (χ1n) is 7.70. The summed E-state index contributed by atoms with van der Waals surface area (Å²) < 4.78 is 5.38. The Morgan fingerprint density at radius 3 is 2.50 bits per heavy atom. The zero-order valence-corrected chi connectivity index (χ0v) is 13.5. The molecule has 0 heterocycles. The van der Waals surface area contributed by atoms with Crippen molar-refractivity contribution >= 4 is 0 Å². The molecular formula is C19H25NO2. The predicted octanol–water partition coefficient (Wildman–Crippen LogP) is 3.26. The first kappa shape index (κ1) is 16.5. The molecule has 0 fully saturated rings. The van der Waals surface area contributed by atoms with Crippen LogP contribution >= 0.6 is 0 Å². The monoisotopic (exact) mass is 299 g/mol. The molecule has 2 aromatic carbocycles. The number of methoxy groups -OCH3 is 1. The molecule has 0 aliphatic carbocycles. The van der Waals surface area contributed by atoms with Gasteiger partial charge in [-0.05, 0) is 43.0 Å². The SMILES string of the molecule is COc1ccccc1C[C@@H](C)NC[C@H](O)c1ccccc1C. The van der Waals surface area contributed by atoms with Crippen LogP contribution in [0.4, 0.5) is 0 Å². The van der Waals surface area contributed by atoms with Crippen LogP contribution in [0.3, 0.4) is 0 Å². The minimum Gasteiger partial charge on any atom is -0.496 e. The van der Waals surface area contributed by atoms with Crippen LogP contribution in [0.5, 0.6) is 5.75 Å². The number of ether oxygens (including phenoxy) is 1. The van der Waals surface area contributed by atoms with Gasteiger partial charge in [0.05, 0.1) is 13.2 Å². The lowest BCUT2D eigenvalue weighted by Crippen LogP contribution is -2.32. The quantitative estimate of drug-likeness (QED) is 0.824. The smallest absolute Gasteiger partial charge is 0.122 e. The van der Waals surface area contributed by atoms with E-state index in [9.17, 15) is 5.11 Å². The van der Waals surface area contributed by atoms with Crippen LogP contribution in [0.1, 0.15) is 29.7 Å². The Hall–Kier alpha value is -1.84. The molecule has 2 N–H and O–H groups in total. The average molecular weight is 299 g/mol. The zero-order chi connectivity index (χ0) is 15.9. The van der Waals surface area contributed by atoms with Gasteiger partial charge in [0.15, 0.2) is 0 Å². The molecule has 0 amide bonds. The Kier molecular flexibility index (Phi) is 5.99. The van der Waals surface area contributed by atoms with Crippen LogP contribution in [0, 0.1) is 6.92 Å². The van der Waals surface area contributed by atoms with Crippen molar-refractivity contribution in [2.75, 3.05) is 13.7 Å². The molecule has 3 heteroatoms. The molecule has 0 unspecified atom stereocenters. The van der Waals surface area contributed by atoms with Gasteiger partial charge in [-0.15, -0.1) is 0 Å². The zero-order valence-electron chi connectivity index (χ0n) is 13.5. The number of rotatable bonds is 7. The van der Waals surface area contributed by atoms with Crippen molar-refractivity contribution in [2.45, 2.75) is 32.4 Å². The third-order valence-electron chi connectivity index (χ3n) is 3.93. The van der Waals surface area contributed by atoms with Gasteiger partial charge in [-0.25, -0.2) is 0 Å². The Morgan fingerprint density at radius 2 is 1.77 bits per heavy atom. The summed E-state index contributed by atoms with van der Waals surface area (Å²) in [5, 5.41) is 13.7. The summed E-state index contributed by atoms with van der Waals surface area (Å²) in [4.78, 5) is 0. The van der Waals surface area contributed by atoms with Gasteiger partial charge in [0.25, 0.3) is 0 Å². The van der Waals surface area contributed by atoms with Crippen LogP contribution in [-0.2, 0) is 6.42 Å². The normalized spacial score (nSPS) is 13.6. The summed E-state index contributed by atoms with van der Waals surface area (Å²) in [5.74, 6) is 0.913. The fraction of sp³-hybridized carbons (Fsp3) is 0.368. The van der Waals surface area contributed by atoms with Crippen LogP contribution < -0.4 is 10.1 Å². The van der Waals surface area contributed by atoms with Gasteiger partial charge < -0.3 is 15.2 Å². The first-order chi connectivity index (χ1) is 10.6. The third-order valence-corrected chi connectivity index (χ3v) is 3.93. The lowest BCUT2D eigenvalue weighted by atomic mass is 10.0. The van der Waals surface area contributed by atoms with Crippen molar-refractivity contribution in [3.05, 3.63) is 65.2 Å². The summed E-state index contributed by atoms with van der Waals surface area (Å²) in [5.41, 5.74) is 3.28. The van der Waals surface area contributed by atoms with Crippen molar-refractivity contribution < 1.29 is 9.84 Å². The summed E-state index contributed by atoms with van der Waals surface area (Å²) in [6, 6.07) is 16.3. The largest absolute Gasteiger partial charge is 0.496 e. The van der Waals surface area contributed by atoms with Gasteiger partial charge in [0, 0.05) is 12.6 Å². The number of para-hydroxylation sites is 1. The lowest BCUT2D eigenvalue weighted by molar-refractivity contribution is 0.170. The molecule has 2 atom stereocenters. The number of hydrogen-bond acceptors (Lipinski definition) is 3. The van der Waals surface area contributed by atoms with Gasteiger partial charge in [0.2, 0.25) is 0 Å². The summed E-state index contributed by atoms with van der Waals surface area (Å²) >= 11 is 0. The maximum absolute atomic E-state index is 10.3. The van der Waals surface area contributed by atoms with Crippen molar-refractivity contribution in [2.24, 2.45) is 0 Å². The second-order valence-corrected chi connectivity index (χ2v) is 5.70. The highest BCUT2D eigenvalue weighted by atomic mass is 16.5. The van der Waals surface area contributed by atoms with Crippen LogP contribution in [0.25, 0.3) is 0 Å². The molecule has 0 spiro atoms. The number of aliphatic hydroxyl groups excluding tert-OH is 1. The molecule has 2 aromatic rings. The maximum atomic E-state index is 10.3. The van der Waals surface area contributed by atoms with Gasteiger partial charge in [-0.2, -0.15) is 0 Å². The molecule has 0 aliphatic rings. The molecule has 0 bridgehead atoms. The summed E-state index contributed by atoms with van der Waals surface area (Å²) in [7, 11) is 1.69. The maximum Gasteiger partial charge on any atom is 0.122 e. The topological polar surface area (TPSA) is 41.5 Å². The second kappa shape index (κ2) is 7.97. The number of aliphatic hydroxyl groups is 1. The molecule has 0 saturated carbocycles. The van der Waals surface area contributed by atoms with E-state index in [2.05, 4.69) is 18.3 Å². The Morgan fingerprint density at radius 1 is 1.09 bits per heavy atom. The third kappa shape index (κ3) is 4.33. The van der Waals surface area contributed by atoms with E-state index in [-0.39, 0.29) is 6.04 Å². The minimum absolute atomic E-state index is 0.259. The number of nitrogens with one attached hydrogen (secondary N) is 1. The van der Waals surface area contributed by atoms with Crippen molar-refractivity contribution in [1.82, 2.24) is 5.32 Å². The Bertz CT molecular complexity index is 597. The Labute approximate surface area is 133 Å². The minimum atomic E-state index is -0.485. The van der Waals surface area contributed by atoms with Crippen LogP contribution in [-0.4, -0.2) is 24.8 Å². The lowest BCUT2D eigenvalue weighted by Gasteiger charge is -2.19. The van der Waals surface area contributed by atoms with Crippen LogP contribution in [0.2, 0.25) is 0 Å². The van der Waals surface area contributed by atoms with E-state index in [1.165, 1.54) is 5.56 Å². The molecule has 0 radical (unpaired) electrons. The van der Waals surface area contributed by atoms with E-state index in [0.29, 0.717) is 6.54 Å². The molecule has 2 rings (SSSR count). The van der Waals surface area contributed by atoms with Crippen molar-refractivity contribution in [3.8, 4) is 5.75 Å². The standard InChI is InChI=1S/C19H25NO2/c1-14-8-4-6-10-17(14)18(21)13-20-15(2)12-16-9-5-7-11-19(16)22-3/h4-11,15,18,20-21H,12-13H2,1-3H3/t15-,18+/m1/s1. The van der Waals surface area contributed by atoms with E-state index in [0.717, 1.165) is 23.3 Å². The highest BCUT2D eigenvalue weighted by Crippen LogP contribution is 2.20. The predicted molar refractivity (Wildman–Crippen MR) is 90.3 cm³/mol. The van der Waals surface area contributed by atoms with E-state index < -0.39 is 6.10 Å². The van der Waals surface area contributed by atoms with Gasteiger partial charge >= 0.3 is 0 Å². The van der Waals surface area contributed by atoms with E-state index in [1.807, 2.05) is 49.4 Å². The second-order valence-electron chi connectivity index (χ2n) is 5.70. The number of hydrogen-bond donors (Lipinski definition) is 2. The van der Waals surface area contributed by atoms with E-state index in [1.54, 1.807) is 7.11 Å². The Balaban J connectivity index is 1.90. The van der Waals surface area contributed by atoms with Crippen molar-refractivity contribution in [3.63, 3.8) is 0 Å². The van der Waals surface area contributed by atoms with Crippen LogP contribution in [0.15, 0.2) is 48.5 Å². The van der Waals surface area contributed by atoms with E-state index in [4.69, 9.17) is 4.74 Å². The summed E-state index contributed by atoms with van der Waals surface area (Å²) in [6.07, 6.45) is 0.381. The first-order valence-corrected chi connectivity index (χ1v) is 7.70. The molecule has 0 saturated heterocycles. The molecule has 0 aliphatic heterocycles. The van der Waals surface area contributed by atoms with Gasteiger partial charge in [-0.3, -0.25) is 0 Å². The average Bonchev–Trinajstić information content (AvgIpc) is 2.53. The molecule has 22 heavy (non-hydrogen) atoms. The molecule has 0 aromatic heterocycles. The molecular weight excluding hydrogens is 274 g/mol. The fourth-order valence-electron chi connectivity index (χ4n) is 2.66. The van der Waals surface area contributed by atoms with E-state index >= 15 is 0 Å². The van der Waals surface area contributed by atoms with Gasteiger partial charge in [-0.1, -0.05) is 42.5 Å². The highest BCUT2D eigenvalue weighted by Gasteiger charge is 2.12. The summed E-state index contributed by atoms with van der Waals surface area (Å²) in [6.45, 7) is 4.69. The van der Waals surface area contributed by atoms with Crippen molar-refractivity contribution in [1.29, 1.82) is 0 Å². The highest BCUT2D eigenvalue weighted by molar-refractivity contribution is 5.33. The van der Waals surface area contributed by atoms with Gasteiger partial charge in [0.1, 0.15) is 5.75 Å². The number of aryl methyl sites for hydroxylation is 1.